The predicted molar refractivity (Wildman–Crippen MR) is 81.7 cm³/mol. The fourth-order valence-electron chi connectivity index (χ4n) is 3.06. The van der Waals surface area contributed by atoms with Gasteiger partial charge >= 0.3 is 0 Å². The third-order valence-corrected chi connectivity index (χ3v) is 4.13. The van der Waals surface area contributed by atoms with Gasteiger partial charge in [0.2, 0.25) is 5.89 Å². The Kier molecular flexibility index (Phi) is 4.68. The second-order valence-corrected chi connectivity index (χ2v) is 5.64. The van der Waals surface area contributed by atoms with Crippen molar-refractivity contribution >= 4 is 0 Å². The minimum atomic E-state index is 0.284. The normalized spacial score (nSPS) is 19.2. The molecule has 0 radical (unpaired) electrons. The van der Waals surface area contributed by atoms with E-state index in [2.05, 4.69) is 9.88 Å². The molecule has 1 aromatic carbocycles. The van der Waals surface area contributed by atoms with Crippen molar-refractivity contribution in [3.63, 3.8) is 0 Å². The Morgan fingerprint density at radius 2 is 2.14 bits per heavy atom. The fraction of sp³-hybridized carbons (Fsp3) is 0.471. The molecule has 0 bridgehead atoms. The van der Waals surface area contributed by atoms with E-state index in [1.54, 1.807) is 6.26 Å². The third-order valence-electron chi connectivity index (χ3n) is 4.13. The Morgan fingerprint density at radius 1 is 1.29 bits per heavy atom. The monoisotopic (exact) mass is 286 g/mol. The van der Waals surface area contributed by atoms with Crippen molar-refractivity contribution in [1.29, 1.82) is 0 Å². The number of aliphatic hydroxyl groups excluding tert-OH is 1. The summed E-state index contributed by atoms with van der Waals surface area (Å²) in [6.45, 7) is 2.24. The Hall–Kier alpha value is -1.65. The zero-order chi connectivity index (χ0) is 14.5. The molecule has 1 unspecified atom stereocenters. The number of rotatable bonds is 6. The smallest absolute Gasteiger partial charge is 0.226 e. The molecule has 0 amide bonds. The third kappa shape index (κ3) is 3.52. The minimum Gasteiger partial charge on any atom is -0.444 e. The minimum absolute atomic E-state index is 0.284. The molecular weight excluding hydrogens is 264 g/mol. The van der Waals surface area contributed by atoms with Crippen LogP contribution >= 0.6 is 0 Å². The molecule has 1 aliphatic heterocycles. The number of hydrogen-bond acceptors (Lipinski definition) is 4. The van der Waals surface area contributed by atoms with E-state index in [1.807, 2.05) is 30.3 Å². The van der Waals surface area contributed by atoms with Gasteiger partial charge in [-0.05, 0) is 44.4 Å². The van der Waals surface area contributed by atoms with Crippen molar-refractivity contribution in [3.05, 3.63) is 42.3 Å². The summed E-state index contributed by atoms with van der Waals surface area (Å²) in [5.74, 6) is 0.691. The van der Waals surface area contributed by atoms with Gasteiger partial charge in [-0.1, -0.05) is 18.2 Å². The lowest BCUT2D eigenvalue weighted by molar-refractivity contribution is 0.208. The summed E-state index contributed by atoms with van der Waals surface area (Å²) in [6, 6.07) is 10.6. The molecule has 0 aliphatic carbocycles. The average Bonchev–Trinajstić information content (AvgIpc) is 3.16. The number of nitrogens with zero attached hydrogens (tertiary/aromatic N) is 2. The standard InChI is InChI=1S/C17H22N2O2/c20-11-5-9-16-8-4-10-19(16)12-15-13-21-17(18-15)14-6-2-1-3-7-14/h1-3,6-7,13,16,20H,4-5,8-12H2. The van der Waals surface area contributed by atoms with Gasteiger partial charge in [-0.25, -0.2) is 4.98 Å². The first kappa shape index (κ1) is 14.3. The van der Waals surface area contributed by atoms with Gasteiger partial charge in [0.15, 0.2) is 0 Å². The molecule has 1 aromatic heterocycles. The number of hydrogen-bond donors (Lipinski definition) is 1. The van der Waals surface area contributed by atoms with Crippen molar-refractivity contribution in [1.82, 2.24) is 9.88 Å². The molecule has 1 atom stereocenters. The molecule has 2 heterocycles. The van der Waals surface area contributed by atoms with Crippen LogP contribution in [0, 0.1) is 0 Å². The van der Waals surface area contributed by atoms with Crippen LogP contribution < -0.4 is 0 Å². The quantitative estimate of drug-likeness (QED) is 0.886. The van der Waals surface area contributed by atoms with Gasteiger partial charge in [-0.15, -0.1) is 0 Å². The molecule has 2 aromatic rings. The lowest BCUT2D eigenvalue weighted by Gasteiger charge is -2.22. The van der Waals surface area contributed by atoms with Gasteiger partial charge in [0, 0.05) is 24.8 Å². The van der Waals surface area contributed by atoms with Crippen LogP contribution in [0.15, 0.2) is 41.0 Å². The maximum Gasteiger partial charge on any atom is 0.226 e. The molecule has 4 nitrogen and oxygen atoms in total. The van der Waals surface area contributed by atoms with Gasteiger partial charge in [0.1, 0.15) is 6.26 Å². The molecule has 3 rings (SSSR count). The SMILES string of the molecule is OCCCC1CCCN1Cc1coc(-c2ccccc2)n1. The van der Waals surface area contributed by atoms with E-state index < -0.39 is 0 Å². The molecule has 0 spiro atoms. The first-order chi connectivity index (χ1) is 10.4. The summed E-state index contributed by atoms with van der Waals surface area (Å²) in [7, 11) is 0. The van der Waals surface area contributed by atoms with Crippen LogP contribution in [-0.4, -0.2) is 34.2 Å². The van der Waals surface area contributed by atoms with Crippen molar-refractivity contribution < 1.29 is 9.52 Å². The lowest BCUT2D eigenvalue weighted by atomic mass is 10.1. The summed E-state index contributed by atoms with van der Waals surface area (Å²) >= 11 is 0. The highest BCUT2D eigenvalue weighted by atomic mass is 16.3. The van der Waals surface area contributed by atoms with E-state index >= 15 is 0 Å². The number of likely N-dealkylation sites (tertiary alicyclic amines) is 1. The van der Waals surface area contributed by atoms with Crippen LogP contribution in [0.2, 0.25) is 0 Å². The van der Waals surface area contributed by atoms with Gasteiger partial charge in [-0.3, -0.25) is 4.90 Å². The maximum atomic E-state index is 8.99. The number of aromatic nitrogens is 1. The Labute approximate surface area is 125 Å². The van der Waals surface area contributed by atoms with Gasteiger partial charge in [0.25, 0.3) is 0 Å². The maximum absolute atomic E-state index is 8.99. The highest BCUT2D eigenvalue weighted by Gasteiger charge is 2.24. The molecule has 4 heteroatoms. The second kappa shape index (κ2) is 6.87. The molecule has 21 heavy (non-hydrogen) atoms. The Bertz CT molecular complexity index is 553. The number of aliphatic hydroxyl groups is 1. The number of benzene rings is 1. The Balaban J connectivity index is 1.64. The van der Waals surface area contributed by atoms with E-state index in [4.69, 9.17) is 9.52 Å². The van der Waals surface area contributed by atoms with Crippen molar-refractivity contribution in [2.75, 3.05) is 13.2 Å². The molecule has 112 valence electrons. The van der Waals surface area contributed by atoms with Gasteiger partial charge in [0.05, 0.1) is 5.69 Å². The van der Waals surface area contributed by atoms with Gasteiger partial charge < -0.3 is 9.52 Å². The molecule has 1 aliphatic rings. The molecule has 0 saturated carbocycles. The van der Waals surface area contributed by atoms with Crippen LogP contribution in [-0.2, 0) is 6.54 Å². The zero-order valence-electron chi connectivity index (χ0n) is 12.2. The number of oxazole rings is 1. The largest absolute Gasteiger partial charge is 0.444 e. The molecule has 1 saturated heterocycles. The van der Waals surface area contributed by atoms with E-state index in [-0.39, 0.29) is 6.61 Å². The first-order valence-corrected chi connectivity index (χ1v) is 7.71. The van der Waals surface area contributed by atoms with Crippen LogP contribution in [0.1, 0.15) is 31.4 Å². The first-order valence-electron chi connectivity index (χ1n) is 7.71. The summed E-state index contributed by atoms with van der Waals surface area (Å²) in [5.41, 5.74) is 2.01. The predicted octanol–water partition coefficient (Wildman–Crippen LogP) is 3.08. The zero-order valence-corrected chi connectivity index (χ0v) is 12.2. The van der Waals surface area contributed by atoms with Crippen molar-refractivity contribution in [3.8, 4) is 11.5 Å². The van der Waals surface area contributed by atoms with Crippen LogP contribution in [0.4, 0.5) is 0 Å². The van der Waals surface area contributed by atoms with E-state index in [1.165, 1.54) is 12.8 Å². The van der Waals surface area contributed by atoms with E-state index in [0.29, 0.717) is 11.9 Å². The average molecular weight is 286 g/mol. The van der Waals surface area contributed by atoms with E-state index in [0.717, 1.165) is 37.2 Å². The second-order valence-electron chi connectivity index (χ2n) is 5.64. The molecule has 1 N–H and O–H groups in total. The van der Waals surface area contributed by atoms with Crippen molar-refractivity contribution in [2.24, 2.45) is 0 Å². The summed E-state index contributed by atoms with van der Waals surface area (Å²) in [4.78, 5) is 7.06. The van der Waals surface area contributed by atoms with E-state index in [9.17, 15) is 0 Å². The van der Waals surface area contributed by atoms with Crippen molar-refractivity contribution in [2.45, 2.75) is 38.3 Å². The van der Waals surface area contributed by atoms with Crippen LogP contribution in [0.25, 0.3) is 11.5 Å². The van der Waals surface area contributed by atoms with Crippen LogP contribution in [0.5, 0.6) is 0 Å². The topological polar surface area (TPSA) is 49.5 Å². The highest BCUT2D eigenvalue weighted by Crippen LogP contribution is 2.24. The molecular formula is C17H22N2O2. The summed E-state index contributed by atoms with van der Waals surface area (Å²) in [6.07, 6.45) is 6.18. The van der Waals surface area contributed by atoms with Gasteiger partial charge in [-0.2, -0.15) is 0 Å². The lowest BCUT2D eigenvalue weighted by Crippen LogP contribution is -2.29. The summed E-state index contributed by atoms with van der Waals surface area (Å²) < 4.78 is 5.60. The fourth-order valence-corrected chi connectivity index (χ4v) is 3.06. The highest BCUT2D eigenvalue weighted by molar-refractivity contribution is 5.52. The van der Waals surface area contributed by atoms with Crippen LogP contribution in [0.3, 0.4) is 0 Å². The summed E-state index contributed by atoms with van der Waals surface area (Å²) in [5, 5.41) is 8.99. The Morgan fingerprint density at radius 3 is 2.95 bits per heavy atom. The molecule has 1 fully saturated rings.